The van der Waals surface area contributed by atoms with Crippen LogP contribution in [-0.4, -0.2) is 49.7 Å². The predicted molar refractivity (Wildman–Crippen MR) is 74.1 cm³/mol. The van der Waals surface area contributed by atoms with E-state index in [0.717, 1.165) is 37.7 Å². The maximum atomic E-state index is 5.76. The molecule has 18 heavy (non-hydrogen) atoms. The molecule has 1 aromatic heterocycles. The maximum Gasteiger partial charge on any atom is 0.173 e. The second kappa shape index (κ2) is 5.91. The zero-order valence-electron chi connectivity index (χ0n) is 11.2. The average molecular weight is 250 g/mol. The lowest BCUT2D eigenvalue weighted by molar-refractivity contribution is 0.257. The van der Waals surface area contributed by atoms with E-state index in [4.69, 9.17) is 10.5 Å². The zero-order valence-corrected chi connectivity index (χ0v) is 11.2. The number of piperazine rings is 1. The summed E-state index contributed by atoms with van der Waals surface area (Å²) in [6.45, 7) is 7.50. The van der Waals surface area contributed by atoms with Crippen LogP contribution >= 0.6 is 0 Å². The Morgan fingerprint density at radius 3 is 2.61 bits per heavy atom. The van der Waals surface area contributed by atoms with E-state index in [1.807, 2.05) is 6.07 Å². The first-order valence-electron chi connectivity index (χ1n) is 6.52. The highest BCUT2D eigenvalue weighted by atomic mass is 16.5. The molecule has 0 unspecified atom stereocenters. The average Bonchev–Trinajstić information content (AvgIpc) is 2.40. The molecule has 5 heteroatoms. The number of pyridine rings is 1. The molecule has 0 bridgehead atoms. The summed E-state index contributed by atoms with van der Waals surface area (Å²) in [5.41, 5.74) is 5.76. The van der Waals surface area contributed by atoms with Gasteiger partial charge in [0.1, 0.15) is 5.82 Å². The van der Waals surface area contributed by atoms with Gasteiger partial charge < -0.3 is 15.4 Å². The van der Waals surface area contributed by atoms with Crippen LogP contribution < -0.4 is 15.4 Å². The van der Waals surface area contributed by atoms with Gasteiger partial charge in [0.25, 0.3) is 0 Å². The van der Waals surface area contributed by atoms with E-state index < -0.39 is 0 Å². The molecule has 5 nitrogen and oxygen atoms in total. The molecule has 0 saturated carbocycles. The van der Waals surface area contributed by atoms with Gasteiger partial charge in [-0.05, 0) is 25.1 Å². The number of anilines is 2. The molecule has 2 N–H and O–H groups in total. The monoisotopic (exact) mass is 250 g/mol. The van der Waals surface area contributed by atoms with Gasteiger partial charge in [0.15, 0.2) is 11.6 Å². The minimum Gasteiger partial charge on any atom is -0.493 e. The molecule has 2 heterocycles. The summed E-state index contributed by atoms with van der Waals surface area (Å²) in [6, 6.07) is 3.66. The van der Waals surface area contributed by atoms with Gasteiger partial charge in [0, 0.05) is 26.2 Å². The number of nitrogen functional groups attached to an aromatic ring is 1. The lowest BCUT2D eigenvalue weighted by Crippen LogP contribution is -2.47. The topological polar surface area (TPSA) is 54.6 Å². The largest absolute Gasteiger partial charge is 0.493 e. The molecule has 0 spiro atoms. The number of hydrogen-bond acceptors (Lipinski definition) is 5. The van der Waals surface area contributed by atoms with Crippen molar-refractivity contribution in [2.75, 3.05) is 50.5 Å². The van der Waals surface area contributed by atoms with Crippen molar-refractivity contribution in [1.82, 2.24) is 9.88 Å². The van der Waals surface area contributed by atoms with Gasteiger partial charge in [-0.3, -0.25) is 4.90 Å². The van der Waals surface area contributed by atoms with Crippen LogP contribution in [0, 0.1) is 0 Å². The third kappa shape index (κ3) is 2.85. The number of nitrogens with two attached hydrogens (primary N) is 1. The minimum atomic E-state index is 0.543. The van der Waals surface area contributed by atoms with Crippen LogP contribution in [0.15, 0.2) is 12.1 Å². The van der Waals surface area contributed by atoms with E-state index in [1.165, 1.54) is 13.0 Å². The predicted octanol–water partition coefficient (Wildman–Crippen LogP) is 1.20. The van der Waals surface area contributed by atoms with Crippen molar-refractivity contribution in [3.05, 3.63) is 12.1 Å². The second-order valence-electron chi connectivity index (χ2n) is 4.59. The molecule has 0 aliphatic carbocycles. The van der Waals surface area contributed by atoms with E-state index >= 15 is 0 Å². The SMILES string of the molecule is CCCN1CCN(c2nc(N)ccc2OC)CC1. The fourth-order valence-electron chi connectivity index (χ4n) is 2.34. The Hall–Kier alpha value is -1.49. The van der Waals surface area contributed by atoms with Crippen LogP contribution in [0.4, 0.5) is 11.6 Å². The number of ether oxygens (including phenoxy) is 1. The lowest BCUT2D eigenvalue weighted by Gasteiger charge is -2.35. The van der Waals surface area contributed by atoms with Crippen molar-refractivity contribution >= 4 is 11.6 Å². The van der Waals surface area contributed by atoms with E-state index in [1.54, 1.807) is 13.2 Å². The van der Waals surface area contributed by atoms with Crippen molar-refractivity contribution < 1.29 is 4.74 Å². The Labute approximate surface area is 109 Å². The van der Waals surface area contributed by atoms with Gasteiger partial charge in [0.05, 0.1) is 7.11 Å². The Morgan fingerprint density at radius 2 is 2.00 bits per heavy atom. The number of nitrogens with zero attached hydrogens (tertiary/aromatic N) is 3. The van der Waals surface area contributed by atoms with Gasteiger partial charge in [0.2, 0.25) is 0 Å². The number of methoxy groups -OCH3 is 1. The number of aromatic nitrogens is 1. The van der Waals surface area contributed by atoms with Gasteiger partial charge in [-0.15, -0.1) is 0 Å². The molecule has 2 rings (SSSR count). The quantitative estimate of drug-likeness (QED) is 0.870. The van der Waals surface area contributed by atoms with E-state index in [9.17, 15) is 0 Å². The zero-order chi connectivity index (χ0) is 13.0. The molecule has 0 aromatic carbocycles. The van der Waals surface area contributed by atoms with Gasteiger partial charge in [-0.1, -0.05) is 6.92 Å². The molecule has 0 atom stereocenters. The Morgan fingerprint density at radius 1 is 1.28 bits per heavy atom. The van der Waals surface area contributed by atoms with Crippen LogP contribution in [0.5, 0.6) is 5.75 Å². The van der Waals surface area contributed by atoms with Gasteiger partial charge >= 0.3 is 0 Å². The van der Waals surface area contributed by atoms with E-state index in [-0.39, 0.29) is 0 Å². The fraction of sp³-hybridized carbons (Fsp3) is 0.615. The maximum absolute atomic E-state index is 5.76. The first-order valence-corrected chi connectivity index (χ1v) is 6.52. The molecule has 100 valence electrons. The summed E-state index contributed by atoms with van der Waals surface area (Å²) in [7, 11) is 1.67. The summed E-state index contributed by atoms with van der Waals surface area (Å²) < 4.78 is 5.35. The van der Waals surface area contributed by atoms with Crippen molar-refractivity contribution in [3.63, 3.8) is 0 Å². The van der Waals surface area contributed by atoms with Crippen molar-refractivity contribution in [2.24, 2.45) is 0 Å². The summed E-state index contributed by atoms with van der Waals surface area (Å²) in [6.07, 6.45) is 1.21. The number of rotatable bonds is 4. The molecule has 1 aliphatic heterocycles. The summed E-state index contributed by atoms with van der Waals surface area (Å²) >= 11 is 0. The molecular weight excluding hydrogens is 228 g/mol. The molecule has 1 saturated heterocycles. The van der Waals surface area contributed by atoms with Crippen LogP contribution in [-0.2, 0) is 0 Å². The van der Waals surface area contributed by atoms with Crippen molar-refractivity contribution in [3.8, 4) is 5.75 Å². The highest BCUT2D eigenvalue weighted by Crippen LogP contribution is 2.27. The molecule has 0 amide bonds. The van der Waals surface area contributed by atoms with Crippen LogP contribution in [0.25, 0.3) is 0 Å². The van der Waals surface area contributed by atoms with Crippen LogP contribution in [0.1, 0.15) is 13.3 Å². The summed E-state index contributed by atoms with van der Waals surface area (Å²) in [5.74, 6) is 2.21. The second-order valence-corrected chi connectivity index (χ2v) is 4.59. The fourth-order valence-corrected chi connectivity index (χ4v) is 2.34. The Balaban J connectivity index is 2.06. The van der Waals surface area contributed by atoms with Gasteiger partial charge in [-0.25, -0.2) is 4.98 Å². The third-order valence-corrected chi connectivity index (χ3v) is 3.29. The lowest BCUT2D eigenvalue weighted by atomic mass is 10.2. The highest BCUT2D eigenvalue weighted by molar-refractivity contribution is 5.56. The molecular formula is C13H22N4O. The Bertz CT molecular complexity index is 389. The van der Waals surface area contributed by atoms with Crippen molar-refractivity contribution in [2.45, 2.75) is 13.3 Å². The standard InChI is InChI=1S/C13H22N4O/c1-3-6-16-7-9-17(10-8-16)13-11(18-2)4-5-12(14)15-13/h4-5H,3,6-10H2,1-2H3,(H2,14,15). The third-order valence-electron chi connectivity index (χ3n) is 3.29. The highest BCUT2D eigenvalue weighted by Gasteiger charge is 2.20. The summed E-state index contributed by atoms with van der Waals surface area (Å²) in [4.78, 5) is 9.13. The van der Waals surface area contributed by atoms with Crippen LogP contribution in [0.2, 0.25) is 0 Å². The molecule has 1 aliphatic rings. The minimum absolute atomic E-state index is 0.543. The van der Waals surface area contributed by atoms with E-state index in [2.05, 4.69) is 21.7 Å². The smallest absolute Gasteiger partial charge is 0.173 e. The van der Waals surface area contributed by atoms with Gasteiger partial charge in [-0.2, -0.15) is 0 Å². The summed E-state index contributed by atoms with van der Waals surface area (Å²) in [5, 5.41) is 0. The van der Waals surface area contributed by atoms with E-state index in [0.29, 0.717) is 5.82 Å². The first kappa shape index (κ1) is 13.0. The Kier molecular flexibility index (Phi) is 4.25. The molecule has 0 radical (unpaired) electrons. The van der Waals surface area contributed by atoms with Crippen molar-refractivity contribution in [1.29, 1.82) is 0 Å². The first-order chi connectivity index (χ1) is 8.74. The van der Waals surface area contributed by atoms with Crippen LogP contribution in [0.3, 0.4) is 0 Å². The normalized spacial score (nSPS) is 16.9. The molecule has 1 fully saturated rings. The molecule has 1 aromatic rings. The number of hydrogen-bond donors (Lipinski definition) is 1.